The predicted molar refractivity (Wildman–Crippen MR) is 111 cm³/mol. The summed E-state index contributed by atoms with van der Waals surface area (Å²) in [6.07, 6.45) is 3.47. The van der Waals surface area contributed by atoms with Crippen LogP contribution < -0.4 is 0 Å². The number of esters is 1. The molecule has 0 aromatic heterocycles. The van der Waals surface area contributed by atoms with Crippen LogP contribution in [0.25, 0.3) is 0 Å². The normalized spacial score (nSPS) is 18.0. The van der Waals surface area contributed by atoms with Crippen LogP contribution in [0.4, 0.5) is 0 Å². The first-order valence-corrected chi connectivity index (χ1v) is 10.4. The molecule has 1 unspecified atom stereocenters. The summed E-state index contributed by atoms with van der Waals surface area (Å²) in [6, 6.07) is 19.6. The molecular weight excluding hydrogens is 350 g/mol. The number of carbonyl (C=O) groups excluding carboxylic acids is 1. The smallest absolute Gasteiger partial charge is 0.347 e. The number of ether oxygens (including phenoxy) is 2. The molecule has 0 aliphatic carbocycles. The van der Waals surface area contributed by atoms with Gasteiger partial charge in [0, 0.05) is 12.6 Å². The molecule has 2 aromatic carbocycles. The Labute approximate surface area is 168 Å². The van der Waals surface area contributed by atoms with E-state index in [0.717, 1.165) is 30.6 Å². The van der Waals surface area contributed by atoms with E-state index in [0.29, 0.717) is 13.2 Å². The van der Waals surface area contributed by atoms with Crippen molar-refractivity contribution in [2.45, 2.75) is 44.8 Å². The Morgan fingerprint density at radius 1 is 1.00 bits per heavy atom. The van der Waals surface area contributed by atoms with Crippen molar-refractivity contribution in [2.75, 3.05) is 26.3 Å². The summed E-state index contributed by atoms with van der Waals surface area (Å²) in [5.74, 6) is -0.339. The number of hydrogen-bond acceptors (Lipinski definition) is 4. The van der Waals surface area contributed by atoms with Gasteiger partial charge in [-0.1, -0.05) is 74.0 Å². The molecule has 1 atom stereocenters. The van der Waals surface area contributed by atoms with Crippen LogP contribution in [-0.4, -0.2) is 43.2 Å². The minimum Gasteiger partial charge on any atom is -0.461 e. The van der Waals surface area contributed by atoms with E-state index in [2.05, 4.69) is 11.8 Å². The fourth-order valence-electron chi connectivity index (χ4n) is 4.13. The summed E-state index contributed by atoms with van der Waals surface area (Å²) in [4.78, 5) is 15.9. The largest absolute Gasteiger partial charge is 0.461 e. The second-order valence-electron chi connectivity index (χ2n) is 7.22. The third-order valence-corrected chi connectivity index (χ3v) is 5.57. The maximum Gasteiger partial charge on any atom is 0.347 e. The van der Waals surface area contributed by atoms with Gasteiger partial charge in [0.2, 0.25) is 5.60 Å². The minimum absolute atomic E-state index is 0.286. The predicted octanol–water partition coefficient (Wildman–Crippen LogP) is 4.38. The van der Waals surface area contributed by atoms with E-state index in [-0.39, 0.29) is 12.0 Å². The van der Waals surface area contributed by atoms with Gasteiger partial charge in [-0.05, 0) is 44.0 Å². The monoisotopic (exact) mass is 381 g/mol. The zero-order valence-corrected chi connectivity index (χ0v) is 17.0. The molecule has 150 valence electrons. The van der Waals surface area contributed by atoms with Crippen LogP contribution in [0, 0.1) is 0 Å². The Balaban J connectivity index is 1.91. The molecule has 0 amide bonds. The van der Waals surface area contributed by atoms with Crippen molar-refractivity contribution in [2.24, 2.45) is 0 Å². The maximum absolute atomic E-state index is 13.5. The fraction of sp³-hybridized carbons (Fsp3) is 0.458. The second kappa shape index (κ2) is 9.85. The van der Waals surface area contributed by atoms with Gasteiger partial charge in [-0.2, -0.15) is 0 Å². The van der Waals surface area contributed by atoms with E-state index >= 15 is 0 Å². The van der Waals surface area contributed by atoms with Crippen molar-refractivity contribution >= 4 is 5.97 Å². The molecule has 1 aliphatic heterocycles. The molecule has 4 nitrogen and oxygen atoms in total. The molecule has 0 spiro atoms. The quantitative estimate of drug-likeness (QED) is 0.636. The zero-order valence-electron chi connectivity index (χ0n) is 17.0. The molecule has 1 fully saturated rings. The van der Waals surface area contributed by atoms with Crippen LogP contribution >= 0.6 is 0 Å². The topological polar surface area (TPSA) is 38.8 Å². The number of hydrogen-bond donors (Lipinski definition) is 0. The number of likely N-dealkylation sites (N-methyl/N-ethyl adjacent to an activating group) is 1. The number of carbonyl (C=O) groups is 1. The molecule has 4 heteroatoms. The van der Waals surface area contributed by atoms with Gasteiger partial charge in [-0.25, -0.2) is 4.79 Å². The SMILES string of the molecule is CCOC(C(=O)OCC1CCCCN1CC)(c1ccccc1)c1ccccc1. The van der Waals surface area contributed by atoms with Crippen molar-refractivity contribution in [1.29, 1.82) is 0 Å². The summed E-state index contributed by atoms with van der Waals surface area (Å²) in [6.45, 7) is 6.94. The average molecular weight is 382 g/mol. The summed E-state index contributed by atoms with van der Waals surface area (Å²) < 4.78 is 12.1. The van der Waals surface area contributed by atoms with E-state index in [9.17, 15) is 4.79 Å². The lowest BCUT2D eigenvalue weighted by Crippen LogP contribution is -2.46. The molecule has 1 saturated heterocycles. The lowest BCUT2D eigenvalue weighted by molar-refractivity contribution is -0.170. The zero-order chi connectivity index (χ0) is 19.8. The third-order valence-electron chi connectivity index (χ3n) is 5.57. The van der Waals surface area contributed by atoms with Crippen LogP contribution in [0.1, 0.15) is 44.2 Å². The van der Waals surface area contributed by atoms with Gasteiger partial charge in [0.15, 0.2) is 0 Å². The van der Waals surface area contributed by atoms with Crippen LogP contribution in [0.5, 0.6) is 0 Å². The van der Waals surface area contributed by atoms with E-state index in [1.54, 1.807) is 0 Å². The number of likely N-dealkylation sites (tertiary alicyclic amines) is 1. The number of piperidine rings is 1. The molecule has 2 aromatic rings. The Kier molecular flexibility index (Phi) is 7.24. The van der Waals surface area contributed by atoms with Crippen molar-refractivity contribution in [3.05, 3.63) is 71.8 Å². The molecule has 0 bridgehead atoms. The first-order valence-electron chi connectivity index (χ1n) is 10.4. The molecule has 0 radical (unpaired) electrons. The highest BCUT2D eigenvalue weighted by molar-refractivity contribution is 5.86. The number of rotatable bonds is 8. The highest BCUT2D eigenvalue weighted by Gasteiger charge is 2.45. The van der Waals surface area contributed by atoms with Crippen molar-refractivity contribution in [3.8, 4) is 0 Å². The van der Waals surface area contributed by atoms with Gasteiger partial charge in [-0.3, -0.25) is 4.90 Å². The van der Waals surface area contributed by atoms with Gasteiger partial charge in [0.1, 0.15) is 6.61 Å². The van der Waals surface area contributed by atoms with Gasteiger partial charge in [0.25, 0.3) is 0 Å². The summed E-state index contributed by atoms with van der Waals surface area (Å²) >= 11 is 0. The van der Waals surface area contributed by atoms with Gasteiger partial charge in [0.05, 0.1) is 0 Å². The molecule has 0 N–H and O–H groups in total. The average Bonchev–Trinajstić information content (AvgIpc) is 2.77. The minimum atomic E-state index is -1.25. The second-order valence-corrected chi connectivity index (χ2v) is 7.22. The molecular formula is C24H31NO3. The van der Waals surface area contributed by atoms with E-state index in [1.807, 2.05) is 67.6 Å². The Morgan fingerprint density at radius 2 is 1.61 bits per heavy atom. The first-order chi connectivity index (χ1) is 13.7. The van der Waals surface area contributed by atoms with Crippen LogP contribution in [-0.2, 0) is 19.9 Å². The number of nitrogens with zero attached hydrogens (tertiary/aromatic N) is 1. The molecule has 1 aliphatic rings. The summed E-state index contributed by atoms with van der Waals surface area (Å²) in [5, 5.41) is 0. The van der Waals surface area contributed by atoms with Crippen LogP contribution in [0.2, 0.25) is 0 Å². The highest BCUT2D eigenvalue weighted by Crippen LogP contribution is 2.35. The standard InChI is InChI=1S/C24H31NO3/c1-3-25-18-12-11-17-22(25)19-27-23(26)24(28-4-2,20-13-7-5-8-14-20)21-15-9-6-10-16-21/h5-10,13-16,22H,3-4,11-12,17-19H2,1-2H3. The first kappa shape index (κ1) is 20.6. The van der Waals surface area contributed by atoms with Crippen LogP contribution in [0.3, 0.4) is 0 Å². The lowest BCUT2D eigenvalue weighted by atomic mass is 9.86. The molecule has 1 heterocycles. The van der Waals surface area contributed by atoms with Crippen molar-refractivity contribution in [3.63, 3.8) is 0 Å². The Morgan fingerprint density at radius 3 is 2.14 bits per heavy atom. The van der Waals surface area contributed by atoms with Gasteiger partial charge in [-0.15, -0.1) is 0 Å². The Hall–Kier alpha value is -2.17. The molecule has 0 saturated carbocycles. The summed E-state index contributed by atoms with van der Waals surface area (Å²) in [5.41, 5.74) is 0.344. The van der Waals surface area contributed by atoms with Crippen molar-refractivity contribution in [1.82, 2.24) is 4.90 Å². The summed E-state index contributed by atoms with van der Waals surface area (Å²) in [7, 11) is 0. The van der Waals surface area contributed by atoms with E-state index < -0.39 is 5.60 Å². The molecule has 3 rings (SSSR count). The van der Waals surface area contributed by atoms with Gasteiger partial charge >= 0.3 is 5.97 Å². The van der Waals surface area contributed by atoms with E-state index in [4.69, 9.17) is 9.47 Å². The Bertz CT molecular complexity index is 693. The molecule has 28 heavy (non-hydrogen) atoms. The van der Waals surface area contributed by atoms with Crippen LogP contribution in [0.15, 0.2) is 60.7 Å². The maximum atomic E-state index is 13.5. The highest BCUT2D eigenvalue weighted by atomic mass is 16.6. The van der Waals surface area contributed by atoms with E-state index in [1.165, 1.54) is 12.8 Å². The third kappa shape index (κ3) is 4.29. The fourth-order valence-corrected chi connectivity index (χ4v) is 4.13. The lowest BCUT2D eigenvalue weighted by Gasteiger charge is -2.36. The van der Waals surface area contributed by atoms with Crippen molar-refractivity contribution < 1.29 is 14.3 Å². The number of benzene rings is 2. The van der Waals surface area contributed by atoms with Gasteiger partial charge < -0.3 is 9.47 Å².